The molecular weight excluding hydrogens is 330 g/mol. The van der Waals surface area contributed by atoms with Gasteiger partial charge in [-0.15, -0.1) is 0 Å². The van der Waals surface area contributed by atoms with Gasteiger partial charge in [0.15, 0.2) is 9.84 Å². The molecule has 0 aromatic heterocycles. The lowest BCUT2D eigenvalue weighted by molar-refractivity contribution is -0.143. The smallest absolute Gasteiger partial charge is 0.308 e. The fourth-order valence-corrected chi connectivity index (χ4v) is 3.28. The highest BCUT2D eigenvalue weighted by Crippen LogP contribution is 2.25. The van der Waals surface area contributed by atoms with Crippen LogP contribution in [0, 0.1) is 5.92 Å². The van der Waals surface area contributed by atoms with E-state index < -0.39 is 27.6 Å². The van der Waals surface area contributed by atoms with Gasteiger partial charge in [-0.1, -0.05) is 11.6 Å². The molecule has 0 saturated carbocycles. The summed E-state index contributed by atoms with van der Waals surface area (Å²) >= 11 is 6.00. The quantitative estimate of drug-likeness (QED) is 0.899. The first kappa shape index (κ1) is 16.8. The third kappa shape index (κ3) is 3.59. The molecule has 1 aliphatic rings. The van der Waals surface area contributed by atoms with Gasteiger partial charge in [-0.3, -0.25) is 9.59 Å². The normalized spacial score (nSPS) is 19.0. The van der Waals surface area contributed by atoms with E-state index in [1.54, 1.807) is 0 Å². The maximum Gasteiger partial charge on any atom is 0.308 e. The molecule has 0 spiro atoms. The lowest BCUT2D eigenvalue weighted by atomic mass is 9.97. The first-order valence-corrected chi connectivity index (χ1v) is 8.99. The van der Waals surface area contributed by atoms with Crippen molar-refractivity contribution in [2.24, 2.45) is 5.92 Å². The van der Waals surface area contributed by atoms with Crippen molar-refractivity contribution < 1.29 is 23.1 Å². The molecule has 1 atom stereocenters. The summed E-state index contributed by atoms with van der Waals surface area (Å²) in [6.45, 7) is 0.537. The van der Waals surface area contributed by atoms with E-state index in [0.717, 1.165) is 6.26 Å². The fourth-order valence-electron chi connectivity index (χ4n) is 2.43. The molecule has 1 aromatic carbocycles. The zero-order chi connectivity index (χ0) is 16.5. The van der Waals surface area contributed by atoms with Crippen molar-refractivity contribution in [1.29, 1.82) is 0 Å². The van der Waals surface area contributed by atoms with E-state index in [1.165, 1.54) is 23.1 Å². The largest absolute Gasteiger partial charge is 0.481 e. The minimum Gasteiger partial charge on any atom is -0.481 e. The second kappa shape index (κ2) is 6.26. The number of sulfone groups is 1. The molecular formula is C14H16ClNO5S. The van der Waals surface area contributed by atoms with Gasteiger partial charge >= 0.3 is 5.97 Å². The number of carboxylic acids is 1. The molecule has 1 amide bonds. The number of piperidine rings is 1. The molecule has 1 heterocycles. The van der Waals surface area contributed by atoms with E-state index in [1.807, 2.05) is 0 Å². The molecule has 0 radical (unpaired) electrons. The summed E-state index contributed by atoms with van der Waals surface area (Å²) in [5.41, 5.74) is 0.0793. The number of halogens is 1. The van der Waals surface area contributed by atoms with Crippen LogP contribution in [-0.2, 0) is 14.6 Å². The Bertz CT molecular complexity index is 716. The zero-order valence-corrected chi connectivity index (χ0v) is 13.5. The van der Waals surface area contributed by atoms with Gasteiger partial charge in [0.05, 0.1) is 21.4 Å². The Morgan fingerprint density at radius 3 is 2.64 bits per heavy atom. The van der Waals surface area contributed by atoms with Crippen LogP contribution in [0.25, 0.3) is 0 Å². The molecule has 1 saturated heterocycles. The number of rotatable bonds is 3. The average Bonchev–Trinajstić information content (AvgIpc) is 2.46. The number of hydrogen-bond acceptors (Lipinski definition) is 4. The average molecular weight is 346 g/mol. The van der Waals surface area contributed by atoms with Gasteiger partial charge in [-0.2, -0.15) is 0 Å². The number of carbonyl (C=O) groups excluding carboxylic acids is 1. The third-order valence-corrected chi connectivity index (χ3v) is 5.09. The highest BCUT2D eigenvalue weighted by molar-refractivity contribution is 7.90. The predicted octanol–water partition coefficient (Wildman–Crippen LogP) is 1.68. The molecule has 6 nitrogen and oxygen atoms in total. The molecule has 1 aromatic rings. The number of amides is 1. The topological polar surface area (TPSA) is 91.8 Å². The van der Waals surface area contributed by atoms with Crippen LogP contribution < -0.4 is 0 Å². The van der Waals surface area contributed by atoms with Gasteiger partial charge in [0.2, 0.25) is 0 Å². The van der Waals surface area contributed by atoms with Crippen LogP contribution in [0.1, 0.15) is 23.2 Å². The molecule has 2 rings (SSSR count). The Hall–Kier alpha value is -1.60. The lowest BCUT2D eigenvalue weighted by Gasteiger charge is -2.31. The Labute approximate surface area is 133 Å². The SMILES string of the molecule is CS(=O)(=O)c1ccc(Cl)c(C(=O)N2CCCC(C(=O)O)C2)c1. The Kier molecular flexibility index (Phi) is 4.77. The summed E-state index contributed by atoms with van der Waals surface area (Å²) in [4.78, 5) is 25.0. The number of likely N-dealkylation sites (tertiary alicyclic amines) is 1. The number of carboxylic acid groups (broad SMARTS) is 1. The van der Waals surface area contributed by atoms with Crippen molar-refractivity contribution in [3.63, 3.8) is 0 Å². The molecule has 1 N–H and O–H groups in total. The van der Waals surface area contributed by atoms with E-state index >= 15 is 0 Å². The number of nitrogens with zero attached hydrogens (tertiary/aromatic N) is 1. The van der Waals surface area contributed by atoms with Gasteiger partial charge in [0.25, 0.3) is 5.91 Å². The van der Waals surface area contributed by atoms with Crippen molar-refractivity contribution in [2.45, 2.75) is 17.7 Å². The summed E-state index contributed by atoms with van der Waals surface area (Å²) in [5, 5.41) is 9.22. The molecule has 1 aliphatic heterocycles. The first-order chi connectivity index (χ1) is 10.2. The minimum absolute atomic E-state index is 0.00652. The second-order valence-corrected chi connectivity index (χ2v) is 7.77. The summed E-state index contributed by atoms with van der Waals surface area (Å²) in [6.07, 6.45) is 2.16. The summed E-state index contributed by atoms with van der Waals surface area (Å²) < 4.78 is 23.2. The summed E-state index contributed by atoms with van der Waals surface area (Å²) in [7, 11) is -3.45. The van der Waals surface area contributed by atoms with Crippen molar-refractivity contribution in [1.82, 2.24) is 4.90 Å². The summed E-state index contributed by atoms with van der Waals surface area (Å²) in [6, 6.07) is 3.94. The van der Waals surface area contributed by atoms with E-state index in [-0.39, 0.29) is 22.0 Å². The van der Waals surface area contributed by atoms with Gasteiger partial charge in [0.1, 0.15) is 0 Å². The third-order valence-electron chi connectivity index (χ3n) is 3.65. The van der Waals surface area contributed by atoms with Gasteiger partial charge < -0.3 is 10.0 Å². The molecule has 120 valence electrons. The van der Waals surface area contributed by atoms with Crippen molar-refractivity contribution in [3.05, 3.63) is 28.8 Å². The van der Waals surface area contributed by atoms with Crippen LogP contribution >= 0.6 is 11.6 Å². The van der Waals surface area contributed by atoms with Crippen LogP contribution in [0.4, 0.5) is 0 Å². The highest BCUT2D eigenvalue weighted by Gasteiger charge is 2.29. The van der Waals surface area contributed by atoms with Gasteiger partial charge in [-0.05, 0) is 31.0 Å². The summed E-state index contributed by atoms with van der Waals surface area (Å²) in [5.74, 6) is -1.98. The predicted molar refractivity (Wildman–Crippen MR) is 80.8 cm³/mol. The number of aliphatic carboxylic acids is 1. The van der Waals surface area contributed by atoms with Crippen LogP contribution in [0.5, 0.6) is 0 Å². The minimum atomic E-state index is -3.45. The monoisotopic (exact) mass is 345 g/mol. The molecule has 0 bridgehead atoms. The molecule has 1 unspecified atom stereocenters. The maximum atomic E-state index is 12.5. The lowest BCUT2D eigenvalue weighted by Crippen LogP contribution is -2.42. The Morgan fingerprint density at radius 2 is 2.05 bits per heavy atom. The molecule has 22 heavy (non-hydrogen) atoms. The molecule has 0 aliphatic carbocycles. The van der Waals surface area contributed by atoms with Crippen molar-refractivity contribution in [2.75, 3.05) is 19.3 Å². The van der Waals surface area contributed by atoms with Crippen molar-refractivity contribution >= 4 is 33.3 Å². The second-order valence-electron chi connectivity index (χ2n) is 5.34. The van der Waals surface area contributed by atoms with Gasteiger partial charge in [-0.25, -0.2) is 8.42 Å². The van der Waals surface area contributed by atoms with Crippen LogP contribution in [-0.4, -0.2) is 49.6 Å². The van der Waals surface area contributed by atoms with Crippen LogP contribution in [0.3, 0.4) is 0 Å². The number of benzene rings is 1. The standard InChI is InChI=1S/C14H16ClNO5S/c1-22(20,21)10-4-5-12(15)11(7-10)13(17)16-6-2-3-9(8-16)14(18)19/h4-5,7,9H,2-3,6,8H2,1H3,(H,18,19). The van der Waals surface area contributed by atoms with Crippen LogP contribution in [0.15, 0.2) is 23.1 Å². The molecule has 8 heteroatoms. The highest BCUT2D eigenvalue weighted by atomic mass is 35.5. The van der Waals surface area contributed by atoms with E-state index in [0.29, 0.717) is 19.4 Å². The Morgan fingerprint density at radius 1 is 1.36 bits per heavy atom. The van der Waals surface area contributed by atoms with E-state index in [4.69, 9.17) is 16.7 Å². The fraction of sp³-hybridized carbons (Fsp3) is 0.429. The van der Waals surface area contributed by atoms with Crippen LogP contribution in [0.2, 0.25) is 5.02 Å². The maximum absolute atomic E-state index is 12.5. The van der Waals surface area contributed by atoms with E-state index in [2.05, 4.69) is 0 Å². The Balaban J connectivity index is 2.31. The van der Waals surface area contributed by atoms with Gasteiger partial charge in [0, 0.05) is 19.3 Å². The number of carbonyl (C=O) groups is 2. The molecule has 1 fully saturated rings. The first-order valence-electron chi connectivity index (χ1n) is 6.72. The number of hydrogen-bond donors (Lipinski definition) is 1. The zero-order valence-electron chi connectivity index (χ0n) is 12.0. The van der Waals surface area contributed by atoms with Crippen molar-refractivity contribution in [3.8, 4) is 0 Å². The van der Waals surface area contributed by atoms with E-state index in [9.17, 15) is 18.0 Å².